The number of alkyl carbamates (subject to hydrolysis) is 1. The number of carboxylic acid groups (broad SMARTS) is 1. The molecule has 0 aromatic rings. The predicted molar refractivity (Wildman–Crippen MR) is 179 cm³/mol. The minimum Gasteiger partial charge on any atom is -0.483 e. The zero-order valence-corrected chi connectivity index (χ0v) is 29.9. The van der Waals surface area contributed by atoms with Crippen molar-refractivity contribution in [1.82, 2.24) is 10.2 Å². The quantitative estimate of drug-likeness (QED) is 0.213. The molecule has 2 saturated heterocycles. The average molecular weight is 659 g/mol. The second-order valence-corrected chi connectivity index (χ2v) is 17.5. The Balaban J connectivity index is 0.00000124. The standard InChI is InChI=1S/C37H60N2O5.CH2O2/c1-7-8-18-38-32(40)43-30-14-15-37-22-36(37)17-16-35(6)25-10-12-27(31(23(2)3)44-33(41)39-19-9-20-39)42-28(25)21-26(35)24(36)11-13-29(37)34(30,4)5;2-1-3/h23-31H,7-22H2,1-6H3,(H,38,40);1H,(H,2,3). The van der Waals surface area contributed by atoms with E-state index >= 15 is 0 Å². The molecule has 47 heavy (non-hydrogen) atoms. The van der Waals surface area contributed by atoms with Crippen LogP contribution in [0.5, 0.6) is 0 Å². The fourth-order valence-corrected chi connectivity index (χ4v) is 12.6. The molecule has 9 nitrogen and oxygen atoms in total. The summed E-state index contributed by atoms with van der Waals surface area (Å²) in [5.41, 5.74) is 1.28. The van der Waals surface area contributed by atoms with Gasteiger partial charge in [-0.2, -0.15) is 0 Å². The predicted octanol–water partition coefficient (Wildman–Crippen LogP) is 7.66. The van der Waals surface area contributed by atoms with Crippen LogP contribution in [0.1, 0.15) is 125 Å². The molecule has 0 aromatic carbocycles. The van der Waals surface area contributed by atoms with Gasteiger partial charge in [-0.1, -0.05) is 48.0 Å². The molecule has 0 bridgehead atoms. The van der Waals surface area contributed by atoms with E-state index < -0.39 is 0 Å². The van der Waals surface area contributed by atoms with E-state index in [1.165, 1.54) is 51.4 Å². The first-order chi connectivity index (χ1) is 22.4. The van der Waals surface area contributed by atoms with Gasteiger partial charge in [0.05, 0.1) is 12.2 Å². The zero-order valence-electron chi connectivity index (χ0n) is 29.9. The van der Waals surface area contributed by atoms with E-state index in [0.717, 1.165) is 57.0 Å². The van der Waals surface area contributed by atoms with Gasteiger partial charge in [-0.15, -0.1) is 0 Å². The number of amides is 2. The maximum absolute atomic E-state index is 12.8. The average Bonchev–Trinajstić information content (AvgIpc) is 3.56. The van der Waals surface area contributed by atoms with Crippen molar-refractivity contribution in [3.8, 4) is 0 Å². The second-order valence-electron chi connectivity index (χ2n) is 17.5. The van der Waals surface area contributed by atoms with E-state index in [4.69, 9.17) is 24.1 Å². The normalized spacial score (nSPS) is 42.8. The smallest absolute Gasteiger partial charge is 0.410 e. The lowest BCUT2D eigenvalue weighted by molar-refractivity contribution is -0.151. The fourth-order valence-electron chi connectivity index (χ4n) is 12.6. The Kier molecular flexibility index (Phi) is 9.64. The number of unbranched alkanes of at least 4 members (excludes halogenated alkanes) is 1. The number of carbonyl (C=O) groups is 3. The minimum absolute atomic E-state index is 0.00610. The molecule has 266 valence electrons. The Hall–Kier alpha value is -2.03. The number of hydrogen-bond acceptors (Lipinski definition) is 6. The molecule has 2 aliphatic heterocycles. The number of carbonyl (C=O) groups excluding carboxylic acids is 2. The number of hydrogen-bond donors (Lipinski definition) is 2. The van der Waals surface area contributed by atoms with E-state index in [0.29, 0.717) is 40.7 Å². The highest BCUT2D eigenvalue weighted by Gasteiger charge is 2.81. The van der Waals surface area contributed by atoms with Crippen LogP contribution in [0, 0.1) is 51.2 Å². The van der Waals surface area contributed by atoms with Crippen LogP contribution >= 0.6 is 0 Å². The van der Waals surface area contributed by atoms with Gasteiger partial charge in [0.25, 0.3) is 6.47 Å². The van der Waals surface area contributed by atoms with Crippen molar-refractivity contribution < 1.29 is 33.7 Å². The summed E-state index contributed by atoms with van der Waals surface area (Å²) in [7, 11) is 0. The molecule has 7 rings (SSSR count). The first-order valence-corrected chi connectivity index (χ1v) is 19.0. The van der Waals surface area contributed by atoms with E-state index in [-0.39, 0.29) is 48.3 Å². The lowest BCUT2D eigenvalue weighted by Gasteiger charge is -2.59. The highest BCUT2D eigenvalue weighted by atomic mass is 16.6. The van der Waals surface area contributed by atoms with Crippen LogP contribution < -0.4 is 5.32 Å². The molecule has 5 aliphatic carbocycles. The maximum atomic E-state index is 12.8. The topological polar surface area (TPSA) is 114 Å². The molecule has 5 saturated carbocycles. The van der Waals surface area contributed by atoms with E-state index in [9.17, 15) is 9.59 Å². The largest absolute Gasteiger partial charge is 0.483 e. The Morgan fingerprint density at radius 2 is 1.72 bits per heavy atom. The maximum Gasteiger partial charge on any atom is 0.410 e. The third-order valence-electron chi connectivity index (χ3n) is 15.0. The summed E-state index contributed by atoms with van der Waals surface area (Å²) in [6.07, 6.45) is 15.2. The van der Waals surface area contributed by atoms with E-state index in [1.54, 1.807) is 0 Å². The molecular formula is C38H62N2O7. The van der Waals surface area contributed by atoms with Gasteiger partial charge in [0.1, 0.15) is 12.2 Å². The Labute approximate surface area is 282 Å². The van der Waals surface area contributed by atoms with Gasteiger partial charge in [-0.05, 0) is 123 Å². The Morgan fingerprint density at radius 1 is 1.00 bits per heavy atom. The summed E-state index contributed by atoms with van der Waals surface area (Å²) in [5.74, 6) is 3.03. The molecule has 2 spiro atoms. The lowest BCUT2D eigenvalue weighted by Crippen LogP contribution is -2.55. The number of likely N-dealkylation sites (tertiary alicyclic amines) is 1. The number of ether oxygens (including phenoxy) is 3. The Bertz CT molecular complexity index is 1170. The van der Waals surface area contributed by atoms with Crippen molar-refractivity contribution in [2.24, 2.45) is 51.2 Å². The summed E-state index contributed by atoms with van der Waals surface area (Å²) < 4.78 is 19.3. The van der Waals surface area contributed by atoms with Gasteiger partial charge < -0.3 is 29.5 Å². The highest BCUT2D eigenvalue weighted by molar-refractivity contribution is 5.68. The van der Waals surface area contributed by atoms with E-state index in [1.807, 2.05) is 4.90 Å². The molecule has 2 N–H and O–H groups in total. The first-order valence-electron chi connectivity index (χ1n) is 19.0. The van der Waals surface area contributed by atoms with E-state index in [2.05, 4.69) is 46.9 Å². The lowest BCUT2D eigenvalue weighted by atomic mass is 9.46. The van der Waals surface area contributed by atoms with Crippen molar-refractivity contribution in [3.05, 3.63) is 0 Å². The molecule has 9 heteroatoms. The molecule has 2 heterocycles. The van der Waals surface area contributed by atoms with Crippen molar-refractivity contribution in [2.45, 2.75) is 149 Å². The van der Waals surface area contributed by atoms with Crippen molar-refractivity contribution in [1.29, 1.82) is 0 Å². The number of rotatable bonds is 7. The van der Waals surface area contributed by atoms with Crippen LogP contribution in [-0.2, 0) is 19.0 Å². The third kappa shape index (κ3) is 5.66. The van der Waals surface area contributed by atoms with Crippen LogP contribution in [0.25, 0.3) is 0 Å². The minimum atomic E-state index is -0.250. The summed E-state index contributed by atoms with van der Waals surface area (Å²) in [5, 5.41) is 9.88. The summed E-state index contributed by atoms with van der Waals surface area (Å²) in [6.45, 7) is 16.0. The molecular weight excluding hydrogens is 596 g/mol. The van der Waals surface area contributed by atoms with Crippen LogP contribution in [0.3, 0.4) is 0 Å². The fraction of sp³-hybridized carbons (Fsp3) is 0.921. The number of nitrogens with zero attached hydrogens (tertiary/aromatic N) is 1. The zero-order chi connectivity index (χ0) is 33.8. The highest BCUT2D eigenvalue weighted by Crippen LogP contribution is 2.87. The number of fused-ring (bicyclic) bond motifs is 4. The summed E-state index contributed by atoms with van der Waals surface area (Å²) in [6, 6.07) is 0. The molecule has 0 radical (unpaired) electrons. The van der Waals surface area contributed by atoms with Crippen molar-refractivity contribution in [3.63, 3.8) is 0 Å². The molecule has 7 aliphatic rings. The van der Waals surface area contributed by atoms with Gasteiger partial charge in [0.15, 0.2) is 0 Å². The second kappa shape index (κ2) is 13.0. The SMILES string of the molecule is CCCCNC(=O)OC1CCC23CC24CCC2(C)C5CCC(C(OC(=O)N6CCC6)C(C)C)OC5CC2C4CCC3C1(C)C.O=CO. The monoisotopic (exact) mass is 658 g/mol. The summed E-state index contributed by atoms with van der Waals surface area (Å²) in [4.78, 5) is 35.6. The third-order valence-corrected chi connectivity index (χ3v) is 15.0. The van der Waals surface area contributed by atoms with Gasteiger partial charge in [0.2, 0.25) is 0 Å². The van der Waals surface area contributed by atoms with Crippen LogP contribution in [0.2, 0.25) is 0 Å². The van der Waals surface area contributed by atoms with Gasteiger partial charge >= 0.3 is 12.2 Å². The van der Waals surface area contributed by atoms with Gasteiger partial charge in [0, 0.05) is 25.0 Å². The Morgan fingerprint density at radius 3 is 2.38 bits per heavy atom. The molecule has 7 fully saturated rings. The van der Waals surface area contributed by atoms with Crippen molar-refractivity contribution in [2.75, 3.05) is 19.6 Å². The van der Waals surface area contributed by atoms with Crippen LogP contribution in [0.15, 0.2) is 0 Å². The number of nitrogens with one attached hydrogen (secondary N) is 1. The van der Waals surface area contributed by atoms with Gasteiger partial charge in [-0.25, -0.2) is 9.59 Å². The van der Waals surface area contributed by atoms with Crippen molar-refractivity contribution >= 4 is 18.7 Å². The molecule has 11 unspecified atom stereocenters. The van der Waals surface area contributed by atoms with Gasteiger partial charge in [-0.3, -0.25) is 4.79 Å². The molecule has 2 amide bonds. The van der Waals surface area contributed by atoms with Crippen LogP contribution in [0.4, 0.5) is 9.59 Å². The molecule has 11 atom stereocenters. The first kappa shape index (κ1) is 34.8. The summed E-state index contributed by atoms with van der Waals surface area (Å²) >= 11 is 0. The van der Waals surface area contributed by atoms with Crippen LogP contribution in [-0.4, -0.2) is 72.7 Å². The molecule has 0 aromatic heterocycles.